The maximum atomic E-state index is 10.6. The zero-order valence-electron chi connectivity index (χ0n) is 17.1. The van der Waals surface area contributed by atoms with E-state index in [9.17, 15) is 5.11 Å². The zero-order valence-corrected chi connectivity index (χ0v) is 17.1. The minimum absolute atomic E-state index is 0.153. The molecule has 3 aromatic heterocycles. The fourth-order valence-corrected chi connectivity index (χ4v) is 4.76. The number of phenolic OH excluding ortho intramolecular Hbond substituents is 1. The van der Waals surface area contributed by atoms with Crippen molar-refractivity contribution in [3.05, 3.63) is 43.0 Å². The summed E-state index contributed by atoms with van der Waals surface area (Å²) < 4.78 is 9.54. The Morgan fingerprint density at radius 2 is 1.94 bits per heavy atom. The molecule has 5 heterocycles. The quantitative estimate of drug-likeness (QED) is 0.527. The van der Waals surface area contributed by atoms with Crippen molar-refractivity contribution in [2.75, 3.05) is 13.2 Å². The fraction of sp³-hybridized carbons (Fsp3) is 0.364. The molecule has 4 aromatic rings. The Morgan fingerprint density at radius 1 is 1.10 bits per heavy atom. The van der Waals surface area contributed by atoms with Crippen LogP contribution in [0.1, 0.15) is 18.9 Å². The highest BCUT2D eigenvalue weighted by atomic mass is 16.5. The first-order valence-electron chi connectivity index (χ1n) is 10.5. The van der Waals surface area contributed by atoms with Gasteiger partial charge in [-0.25, -0.2) is 4.98 Å². The Labute approximate surface area is 178 Å². The maximum absolute atomic E-state index is 10.6. The van der Waals surface area contributed by atoms with Gasteiger partial charge in [0, 0.05) is 42.5 Å². The SMILES string of the molecule is Cn1cc(-c2ccc(-c3cc4ncn([C@@H]5CC6COC[C@@H](C5)N6)c4nn3)c(O)c2)cn1. The number of morpholine rings is 1. The molecule has 2 fully saturated rings. The molecule has 2 saturated heterocycles. The van der Waals surface area contributed by atoms with Gasteiger partial charge in [0.2, 0.25) is 0 Å². The van der Waals surface area contributed by atoms with Crippen molar-refractivity contribution >= 4 is 11.2 Å². The Morgan fingerprint density at radius 3 is 2.68 bits per heavy atom. The summed E-state index contributed by atoms with van der Waals surface area (Å²) in [6.07, 6.45) is 7.52. The second kappa shape index (κ2) is 7.14. The number of hydrogen-bond donors (Lipinski definition) is 2. The number of rotatable bonds is 3. The number of aromatic hydroxyl groups is 1. The van der Waals surface area contributed by atoms with Crippen LogP contribution >= 0.6 is 0 Å². The van der Waals surface area contributed by atoms with E-state index in [1.807, 2.05) is 37.8 Å². The molecule has 9 nitrogen and oxygen atoms in total. The second-order valence-corrected chi connectivity index (χ2v) is 8.45. The van der Waals surface area contributed by atoms with Crippen LogP contribution < -0.4 is 5.32 Å². The third-order valence-corrected chi connectivity index (χ3v) is 6.25. The predicted octanol–water partition coefficient (Wildman–Crippen LogP) is 2.29. The number of nitrogens with one attached hydrogen (secondary N) is 1. The van der Waals surface area contributed by atoms with E-state index >= 15 is 0 Å². The summed E-state index contributed by atoms with van der Waals surface area (Å²) in [6.45, 7) is 1.51. The van der Waals surface area contributed by atoms with Crippen molar-refractivity contribution in [3.8, 4) is 28.1 Å². The molecule has 0 amide bonds. The van der Waals surface area contributed by atoms with E-state index in [4.69, 9.17) is 4.74 Å². The lowest BCUT2D eigenvalue weighted by molar-refractivity contribution is 0.0105. The van der Waals surface area contributed by atoms with E-state index < -0.39 is 0 Å². The van der Waals surface area contributed by atoms with Gasteiger partial charge in [-0.3, -0.25) is 4.68 Å². The van der Waals surface area contributed by atoms with Crippen LogP contribution in [0.25, 0.3) is 33.5 Å². The zero-order chi connectivity index (χ0) is 20.9. The van der Waals surface area contributed by atoms with Gasteiger partial charge in [-0.2, -0.15) is 5.10 Å². The minimum Gasteiger partial charge on any atom is -0.507 e. The van der Waals surface area contributed by atoms with Gasteiger partial charge >= 0.3 is 0 Å². The van der Waals surface area contributed by atoms with Gasteiger partial charge in [0.25, 0.3) is 0 Å². The summed E-state index contributed by atoms with van der Waals surface area (Å²) in [5.41, 5.74) is 4.63. The van der Waals surface area contributed by atoms with Crippen molar-refractivity contribution in [1.29, 1.82) is 0 Å². The standard InChI is InChI=1S/C22H23N7O2/c1-28-9-14(8-24-28)13-2-3-18(21(30)4-13)19-7-20-22(27-26-19)29(12-23-20)17-5-15-10-31-11-16(6-17)25-15/h2-4,7-9,12,15-17,25,30H,5-6,10-11H2,1H3/t15-,16?,17+/m1/s1. The van der Waals surface area contributed by atoms with E-state index in [0.717, 1.165) is 48.3 Å². The molecule has 6 rings (SSSR count). The van der Waals surface area contributed by atoms with Gasteiger partial charge in [0.05, 0.1) is 31.4 Å². The van der Waals surface area contributed by atoms with Gasteiger partial charge in [-0.15, -0.1) is 10.2 Å². The first kappa shape index (κ1) is 18.5. The summed E-state index contributed by atoms with van der Waals surface area (Å²) in [4.78, 5) is 4.59. The molecule has 31 heavy (non-hydrogen) atoms. The van der Waals surface area contributed by atoms with Crippen LogP contribution in [0.15, 0.2) is 43.0 Å². The van der Waals surface area contributed by atoms with E-state index in [1.54, 1.807) is 16.9 Å². The van der Waals surface area contributed by atoms with Gasteiger partial charge < -0.3 is 19.7 Å². The Kier molecular flexibility index (Phi) is 4.25. The van der Waals surface area contributed by atoms with Crippen molar-refractivity contribution in [2.45, 2.75) is 31.0 Å². The molecule has 2 bridgehead atoms. The average Bonchev–Trinajstić information content (AvgIpc) is 3.39. The molecule has 3 atom stereocenters. The molecule has 9 heteroatoms. The molecule has 158 valence electrons. The van der Waals surface area contributed by atoms with Crippen LogP contribution in [-0.4, -0.2) is 59.9 Å². The Hall–Kier alpha value is -3.30. The molecule has 0 aliphatic carbocycles. The lowest BCUT2D eigenvalue weighted by Crippen LogP contribution is -2.54. The Bertz CT molecular complexity index is 1250. The number of fused-ring (bicyclic) bond motifs is 3. The molecule has 2 aliphatic heterocycles. The number of nitrogens with zero attached hydrogens (tertiary/aromatic N) is 6. The number of benzene rings is 1. The van der Waals surface area contributed by atoms with Crippen LogP contribution in [0.5, 0.6) is 5.75 Å². The van der Waals surface area contributed by atoms with Gasteiger partial charge in [0.1, 0.15) is 11.3 Å². The van der Waals surface area contributed by atoms with Crippen LogP contribution in [0.4, 0.5) is 0 Å². The number of piperidine rings is 1. The first-order chi connectivity index (χ1) is 15.1. The van der Waals surface area contributed by atoms with Crippen molar-refractivity contribution < 1.29 is 9.84 Å². The van der Waals surface area contributed by atoms with Crippen LogP contribution in [0, 0.1) is 0 Å². The number of phenols is 1. The van der Waals surface area contributed by atoms with Crippen LogP contribution in [0.2, 0.25) is 0 Å². The highest BCUT2D eigenvalue weighted by Crippen LogP contribution is 2.34. The van der Waals surface area contributed by atoms with E-state index in [-0.39, 0.29) is 5.75 Å². The largest absolute Gasteiger partial charge is 0.507 e. The molecular formula is C22H23N7O2. The number of ether oxygens (including phenoxy) is 1. The minimum atomic E-state index is 0.153. The monoisotopic (exact) mass is 417 g/mol. The number of imidazole rings is 1. The van der Waals surface area contributed by atoms with Gasteiger partial charge in [-0.05, 0) is 36.6 Å². The fourth-order valence-electron chi connectivity index (χ4n) is 4.76. The topological polar surface area (TPSA) is 103 Å². The summed E-state index contributed by atoms with van der Waals surface area (Å²) in [7, 11) is 1.87. The molecular weight excluding hydrogens is 394 g/mol. The predicted molar refractivity (Wildman–Crippen MR) is 114 cm³/mol. The second-order valence-electron chi connectivity index (χ2n) is 8.45. The third kappa shape index (κ3) is 3.26. The van der Waals surface area contributed by atoms with E-state index in [1.165, 1.54) is 0 Å². The van der Waals surface area contributed by atoms with Crippen molar-refractivity contribution in [1.82, 2.24) is 34.8 Å². The molecule has 1 aromatic carbocycles. The molecule has 1 unspecified atom stereocenters. The van der Waals surface area contributed by atoms with E-state index in [0.29, 0.717) is 29.4 Å². The van der Waals surface area contributed by atoms with Crippen LogP contribution in [-0.2, 0) is 11.8 Å². The highest BCUT2D eigenvalue weighted by Gasteiger charge is 2.33. The molecule has 0 saturated carbocycles. The molecule has 0 spiro atoms. The van der Waals surface area contributed by atoms with Gasteiger partial charge in [-0.1, -0.05) is 6.07 Å². The lowest BCUT2D eigenvalue weighted by atomic mass is 9.92. The summed E-state index contributed by atoms with van der Waals surface area (Å²) in [5.74, 6) is 0.153. The summed E-state index contributed by atoms with van der Waals surface area (Å²) >= 11 is 0. The normalized spacial score (nSPS) is 23.3. The number of aryl methyl sites for hydroxylation is 1. The molecule has 2 N–H and O–H groups in total. The Balaban J connectivity index is 1.31. The average molecular weight is 417 g/mol. The smallest absolute Gasteiger partial charge is 0.182 e. The first-order valence-corrected chi connectivity index (χ1v) is 10.5. The summed E-state index contributed by atoms with van der Waals surface area (Å²) in [5, 5.41) is 27.4. The molecule has 2 aliphatic rings. The van der Waals surface area contributed by atoms with E-state index in [2.05, 4.69) is 30.2 Å². The molecule has 0 radical (unpaired) electrons. The number of aromatic nitrogens is 6. The van der Waals surface area contributed by atoms with Gasteiger partial charge in [0.15, 0.2) is 5.65 Å². The third-order valence-electron chi connectivity index (χ3n) is 6.25. The summed E-state index contributed by atoms with van der Waals surface area (Å²) in [6, 6.07) is 8.51. The highest BCUT2D eigenvalue weighted by molar-refractivity contribution is 5.79. The van der Waals surface area contributed by atoms with Crippen LogP contribution in [0.3, 0.4) is 0 Å². The number of hydrogen-bond acceptors (Lipinski definition) is 7. The van der Waals surface area contributed by atoms with Crippen molar-refractivity contribution in [2.24, 2.45) is 7.05 Å². The van der Waals surface area contributed by atoms with Crippen molar-refractivity contribution in [3.63, 3.8) is 0 Å². The lowest BCUT2D eigenvalue weighted by Gasteiger charge is -2.40. The maximum Gasteiger partial charge on any atom is 0.182 e.